The van der Waals surface area contributed by atoms with Gasteiger partial charge in [-0.1, -0.05) is 39.3 Å². The minimum atomic E-state index is -1.00. The Morgan fingerprint density at radius 2 is 1.80 bits per heavy atom. The fourth-order valence-corrected chi connectivity index (χ4v) is 8.62. The van der Waals surface area contributed by atoms with Gasteiger partial charge >= 0.3 is 0 Å². The Morgan fingerprint density at radius 1 is 1.07 bits per heavy atom. The summed E-state index contributed by atoms with van der Waals surface area (Å²) in [7, 11) is 0. The molecule has 0 amide bonds. The van der Waals surface area contributed by atoms with Crippen molar-refractivity contribution in [2.45, 2.75) is 117 Å². The molecular weight excluding hydrogens is 372 g/mol. The molecule has 0 saturated heterocycles. The molecule has 0 aromatic rings. The van der Waals surface area contributed by atoms with Crippen LogP contribution in [0.4, 0.5) is 0 Å². The average Bonchev–Trinajstić information content (AvgIpc) is 3.04. The van der Waals surface area contributed by atoms with E-state index in [2.05, 4.69) is 33.8 Å². The van der Waals surface area contributed by atoms with Crippen LogP contribution in [0.3, 0.4) is 0 Å². The lowest BCUT2D eigenvalue weighted by atomic mass is 9.46. The smallest absolute Gasteiger partial charge is 0.0910 e. The summed E-state index contributed by atoms with van der Waals surface area (Å²) in [5, 5.41) is 32.7. The van der Waals surface area contributed by atoms with Crippen LogP contribution in [-0.4, -0.2) is 33.1 Å². The van der Waals surface area contributed by atoms with Crippen molar-refractivity contribution < 1.29 is 15.3 Å². The van der Waals surface area contributed by atoms with Crippen molar-refractivity contribution in [3.05, 3.63) is 11.6 Å². The highest BCUT2D eigenvalue weighted by Gasteiger charge is 2.62. The van der Waals surface area contributed by atoms with Gasteiger partial charge in [-0.3, -0.25) is 0 Å². The van der Waals surface area contributed by atoms with Gasteiger partial charge in [0.25, 0.3) is 0 Å². The lowest BCUT2D eigenvalue weighted by Gasteiger charge is -2.59. The summed E-state index contributed by atoms with van der Waals surface area (Å²) in [6.45, 7) is 11.2. The number of hydrogen-bond donors (Lipinski definition) is 3. The van der Waals surface area contributed by atoms with E-state index >= 15 is 0 Å². The zero-order valence-electron chi connectivity index (χ0n) is 20.0. The van der Waals surface area contributed by atoms with Gasteiger partial charge in [-0.25, -0.2) is 0 Å². The van der Waals surface area contributed by atoms with E-state index in [1.165, 1.54) is 24.8 Å². The third kappa shape index (κ3) is 3.52. The Balaban J connectivity index is 1.55. The highest BCUT2D eigenvalue weighted by molar-refractivity contribution is 5.25. The second kappa shape index (κ2) is 7.89. The van der Waals surface area contributed by atoms with Crippen LogP contribution in [0.5, 0.6) is 0 Å². The molecule has 0 aromatic carbocycles. The van der Waals surface area contributed by atoms with Crippen LogP contribution in [0.1, 0.15) is 98.8 Å². The molecule has 0 bridgehead atoms. The lowest BCUT2D eigenvalue weighted by Crippen LogP contribution is -2.55. The average molecular weight is 419 g/mol. The number of aliphatic hydroxyl groups is 3. The van der Waals surface area contributed by atoms with Gasteiger partial charge in [0.2, 0.25) is 0 Å². The molecule has 1 unspecified atom stereocenters. The van der Waals surface area contributed by atoms with E-state index in [-0.39, 0.29) is 22.9 Å². The van der Waals surface area contributed by atoms with E-state index in [4.69, 9.17) is 0 Å². The topological polar surface area (TPSA) is 60.7 Å². The van der Waals surface area contributed by atoms with Crippen LogP contribution in [0.15, 0.2) is 11.6 Å². The van der Waals surface area contributed by atoms with Gasteiger partial charge in [-0.2, -0.15) is 0 Å². The fraction of sp³-hybridized carbons (Fsp3) is 0.926. The molecule has 0 spiro atoms. The zero-order chi connectivity index (χ0) is 21.9. The van der Waals surface area contributed by atoms with Gasteiger partial charge in [0.15, 0.2) is 0 Å². The van der Waals surface area contributed by atoms with Crippen LogP contribution in [0.25, 0.3) is 0 Å². The van der Waals surface area contributed by atoms with Crippen molar-refractivity contribution in [1.82, 2.24) is 0 Å². The molecule has 3 heteroatoms. The molecule has 172 valence electrons. The largest absolute Gasteiger partial charge is 0.393 e. The van der Waals surface area contributed by atoms with E-state index in [9.17, 15) is 15.3 Å². The standard InChI is InChI=1S/C27H46O3/c1-17(2)6-11-24(29)27(5,30)23-10-9-21-20-8-7-18-16-19(28)12-14-25(18,3)22(20)13-15-26(21,23)4/h7,17,19-24,28-30H,6,8-16H2,1-5H3/t19-,20-,21-,22-,23-,24?,25-,26-,27+/m0/s1. The first kappa shape index (κ1) is 22.8. The summed E-state index contributed by atoms with van der Waals surface area (Å²) in [4.78, 5) is 0. The van der Waals surface area contributed by atoms with Gasteiger partial charge in [-0.05, 0) is 112 Å². The van der Waals surface area contributed by atoms with Crippen molar-refractivity contribution in [3.63, 3.8) is 0 Å². The first-order valence-electron chi connectivity index (χ1n) is 12.8. The third-order valence-corrected chi connectivity index (χ3v) is 10.5. The van der Waals surface area contributed by atoms with E-state index in [1.807, 2.05) is 6.92 Å². The summed E-state index contributed by atoms with van der Waals surface area (Å²) in [6, 6.07) is 0. The van der Waals surface area contributed by atoms with Crippen molar-refractivity contribution in [3.8, 4) is 0 Å². The molecule has 0 aromatic heterocycles. The first-order chi connectivity index (χ1) is 14.0. The van der Waals surface area contributed by atoms with Gasteiger partial charge in [0.1, 0.15) is 0 Å². The number of allylic oxidation sites excluding steroid dienone is 1. The Bertz CT molecular complexity index is 667. The third-order valence-electron chi connectivity index (χ3n) is 10.5. The second-order valence-corrected chi connectivity index (χ2v) is 12.5. The summed E-state index contributed by atoms with van der Waals surface area (Å²) in [5.41, 5.74) is 0.914. The molecule has 3 nitrogen and oxygen atoms in total. The second-order valence-electron chi connectivity index (χ2n) is 12.5. The van der Waals surface area contributed by atoms with Crippen LogP contribution < -0.4 is 0 Å². The summed E-state index contributed by atoms with van der Waals surface area (Å²) < 4.78 is 0. The summed E-state index contributed by atoms with van der Waals surface area (Å²) in [6.07, 6.45) is 12.1. The minimum Gasteiger partial charge on any atom is -0.393 e. The molecule has 30 heavy (non-hydrogen) atoms. The van der Waals surface area contributed by atoms with E-state index < -0.39 is 11.7 Å². The molecule has 4 aliphatic carbocycles. The summed E-state index contributed by atoms with van der Waals surface area (Å²) in [5.74, 6) is 2.80. The number of aliphatic hydroxyl groups excluding tert-OH is 2. The minimum absolute atomic E-state index is 0.124. The van der Waals surface area contributed by atoms with Crippen LogP contribution in [-0.2, 0) is 0 Å². The van der Waals surface area contributed by atoms with E-state index in [0.29, 0.717) is 24.2 Å². The molecular formula is C27H46O3. The normalized spacial score (nSPS) is 46.4. The van der Waals surface area contributed by atoms with E-state index in [1.54, 1.807) is 0 Å². The molecule has 0 radical (unpaired) electrons. The SMILES string of the molecule is CC(C)CCC(O)[C@](C)(O)[C@H]1CC[C@H]2[C@@H]3CC=C4C[C@@H](O)CC[C@]4(C)[C@H]3CC[C@@]21C. The molecule has 9 atom stereocenters. The zero-order valence-corrected chi connectivity index (χ0v) is 20.0. The predicted octanol–water partition coefficient (Wildman–Crippen LogP) is 5.47. The molecule has 3 saturated carbocycles. The number of fused-ring (bicyclic) bond motifs is 5. The Morgan fingerprint density at radius 3 is 2.50 bits per heavy atom. The molecule has 3 N–H and O–H groups in total. The van der Waals surface area contributed by atoms with Crippen LogP contribution in [0, 0.1) is 40.4 Å². The Hall–Kier alpha value is -0.380. The van der Waals surface area contributed by atoms with Crippen LogP contribution in [0.2, 0.25) is 0 Å². The van der Waals surface area contributed by atoms with Crippen molar-refractivity contribution in [1.29, 1.82) is 0 Å². The van der Waals surface area contributed by atoms with Crippen molar-refractivity contribution >= 4 is 0 Å². The van der Waals surface area contributed by atoms with Crippen molar-refractivity contribution in [2.75, 3.05) is 0 Å². The first-order valence-corrected chi connectivity index (χ1v) is 12.8. The Labute approximate surface area is 184 Å². The number of rotatable bonds is 5. The monoisotopic (exact) mass is 418 g/mol. The summed E-state index contributed by atoms with van der Waals surface area (Å²) >= 11 is 0. The van der Waals surface area contributed by atoms with Gasteiger partial charge < -0.3 is 15.3 Å². The Kier molecular flexibility index (Phi) is 5.99. The maximum Gasteiger partial charge on any atom is 0.0910 e. The molecule has 4 aliphatic rings. The maximum atomic E-state index is 11.6. The lowest BCUT2D eigenvalue weighted by molar-refractivity contribution is -0.151. The molecule has 0 heterocycles. The predicted molar refractivity (Wildman–Crippen MR) is 122 cm³/mol. The van der Waals surface area contributed by atoms with Crippen LogP contribution >= 0.6 is 0 Å². The molecule has 4 rings (SSSR count). The van der Waals surface area contributed by atoms with E-state index in [0.717, 1.165) is 44.4 Å². The van der Waals surface area contributed by atoms with Gasteiger partial charge in [-0.15, -0.1) is 0 Å². The maximum absolute atomic E-state index is 11.6. The molecule has 0 aliphatic heterocycles. The van der Waals surface area contributed by atoms with Gasteiger partial charge in [0.05, 0.1) is 17.8 Å². The van der Waals surface area contributed by atoms with Crippen molar-refractivity contribution in [2.24, 2.45) is 40.4 Å². The molecule has 3 fully saturated rings. The highest BCUT2D eigenvalue weighted by atomic mass is 16.3. The highest BCUT2D eigenvalue weighted by Crippen LogP contribution is 2.67. The van der Waals surface area contributed by atoms with Gasteiger partial charge in [0, 0.05) is 0 Å². The number of hydrogen-bond acceptors (Lipinski definition) is 3. The quantitative estimate of drug-likeness (QED) is 0.519. The fourth-order valence-electron chi connectivity index (χ4n) is 8.62.